The molecule has 5 nitrogen and oxygen atoms in total. The zero-order valence-corrected chi connectivity index (χ0v) is 11.5. The first-order valence-corrected chi connectivity index (χ1v) is 6.38. The Morgan fingerprint density at radius 1 is 1.00 bits per heavy atom. The average molecular weight is 289 g/mol. The van der Waals surface area contributed by atoms with Gasteiger partial charge in [-0.05, 0) is 12.1 Å². The molecular formula is C14H15ClN5+. The molecule has 0 unspecified atom stereocenters. The topological polar surface area (TPSA) is 80.6 Å². The van der Waals surface area contributed by atoms with Crippen LogP contribution in [0.15, 0.2) is 65.1 Å². The van der Waals surface area contributed by atoms with E-state index in [4.69, 9.17) is 23.1 Å². The third-order valence-electron chi connectivity index (χ3n) is 2.57. The second-order valence-electron chi connectivity index (χ2n) is 4.13. The second-order valence-corrected chi connectivity index (χ2v) is 4.56. The summed E-state index contributed by atoms with van der Waals surface area (Å²) in [5, 5.41) is 8.51. The minimum atomic E-state index is -0.0745. The lowest BCUT2D eigenvalue weighted by atomic mass is 10.1. The molecule has 0 aliphatic rings. The van der Waals surface area contributed by atoms with Gasteiger partial charge in [0.15, 0.2) is 18.9 Å². The van der Waals surface area contributed by atoms with Gasteiger partial charge in [0.05, 0.1) is 0 Å². The van der Waals surface area contributed by atoms with Gasteiger partial charge in [-0.3, -0.25) is 0 Å². The van der Waals surface area contributed by atoms with Crippen molar-refractivity contribution in [2.75, 3.05) is 0 Å². The summed E-state index contributed by atoms with van der Waals surface area (Å²) in [6.07, 6.45) is 3.89. The summed E-state index contributed by atoms with van der Waals surface area (Å²) in [7, 11) is 0. The lowest BCUT2D eigenvalue weighted by Crippen LogP contribution is -2.37. The highest BCUT2D eigenvalue weighted by Crippen LogP contribution is 2.10. The average Bonchev–Trinajstić information content (AvgIpc) is 2.45. The standard InChI is InChI=1S/C14H15ClN5/c15-12-6-4-11(5-7-12)13(18-19-14(16)17)10-20-8-2-1-3-9-20/h1-9H,10H2,(H4,16,17,19)/q+1/b18-13-. The van der Waals surface area contributed by atoms with Gasteiger partial charge in [0.2, 0.25) is 5.96 Å². The van der Waals surface area contributed by atoms with Crippen molar-refractivity contribution >= 4 is 23.3 Å². The van der Waals surface area contributed by atoms with Crippen molar-refractivity contribution in [2.24, 2.45) is 21.7 Å². The molecule has 0 amide bonds. The molecule has 0 saturated carbocycles. The van der Waals surface area contributed by atoms with Crippen LogP contribution < -0.4 is 16.0 Å². The van der Waals surface area contributed by atoms with Gasteiger partial charge < -0.3 is 11.5 Å². The molecule has 0 saturated heterocycles. The van der Waals surface area contributed by atoms with E-state index in [0.717, 1.165) is 11.3 Å². The van der Waals surface area contributed by atoms with E-state index in [1.807, 2.05) is 47.3 Å². The van der Waals surface area contributed by atoms with E-state index >= 15 is 0 Å². The molecule has 1 aromatic carbocycles. The van der Waals surface area contributed by atoms with E-state index in [-0.39, 0.29) is 5.96 Å². The highest BCUT2D eigenvalue weighted by Gasteiger charge is 2.10. The zero-order chi connectivity index (χ0) is 14.4. The number of pyridine rings is 1. The van der Waals surface area contributed by atoms with Gasteiger partial charge in [-0.25, -0.2) is 0 Å². The number of aromatic nitrogens is 1. The predicted octanol–water partition coefficient (Wildman–Crippen LogP) is 1.31. The largest absolute Gasteiger partial charge is 0.369 e. The maximum Gasteiger partial charge on any atom is 0.211 e. The van der Waals surface area contributed by atoms with Crippen LogP contribution in [0.3, 0.4) is 0 Å². The molecule has 0 fully saturated rings. The fourth-order valence-electron chi connectivity index (χ4n) is 1.65. The van der Waals surface area contributed by atoms with Crippen LogP contribution in [0.5, 0.6) is 0 Å². The van der Waals surface area contributed by atoms with Gasteiger partial charge in [-0.15, -0.1) is 10.2 Å². The van der Waals surface area contributed by atoms with Gasteiger partial charge in [-0.1, -0.05) is 29.8 Å². The third-order valence-corrected chi connectivity index (χ3v) is 2.83. The molecular weight excluding hydrogens is 274 g/mol. The lowest BCUT2D eigenvalue weighted by Gasteiger charge is -2.02. The van der Waals surface area contributed by atoms with E-state index in [0.29, 0.717) is 11.6 Å². The number of rotatable bonds is 4. The molecule has 102 valence electrons. The van der Waals surface area contributed by atoms with E-state index in [2.05, 4.69) is 10.2 Å². The maximum atomic E-state index is 5.89. The lowest BCUT2D eigenvalue weighted by molar-refractivity contribution is -0.681. The molecule has 0 atom stereocenters. The van der Waals surface area contributed by atoms with Gasteiger partial charge in [0, 0.05) is 22.7 Å². The highest BCUT2D eigenvalue weighted by atomic mass is 35.5. The number of halogens is 1. The first-order valence-electron chi connectivity index (χ1n) is 6.00. The minimum absolute atomic E-state index is 0.0745. The fourth-order valence-corrected chi connectivity index (χ4v) is 1.78. The Bertz CT molecular complexity index is 616. The molecule has 0 spiro atoms. The van der Waals surface area contributed by atoms with E-state index in [1.54, 1.807) is 12.1 Å². The van der Waals surface area contributed by atoms with Crippen LogP contribution in [0.4, 0.5) is 0 Å². The second kappa shape index (κ2) is 6.68. The van der Waals surface area contributed by atoms with Crippen LogP contribution in [0.25, 0.3) is 0 Å². The quantitative estimate of drug-likeness (QED) is 0.385. The summed E-state index contributed by atoms with van der Waals surface area (Å²) >= 11 is 5.89. The molecule has 2 aromatic rings. The van der Waals surface area contributed by atoms with Crippen molar-refractivity contribution < 1.29 is 4.57 Å². The minimum Gasteiger partial charge on any atom is -0.369 e. The van der Waals surface area contributed by atoms with Crippen molar-refractivity contribution in [3.05, 3.63) is 65.4 Å². The Morgan fingerprint density at radius 3 is 2.25 bits per heavy atom. The Kier molecular flexibility index (Phi) is 4.68. The molecule has 0 aliphatic heterocycles. The number of nitrogens with zero attached hydrogens (tertiary/aromatic N) is 3. The molecule has 20 heavy (non-hydrogen) atoms. The normalized spacial score (nSPS) is 11.2. The van der Waals surface area contributed by atoms with Crippen LogP contribution >= 0.6 is 11.6 Å². The van der Waals surface area contributed by atoms with Crippen LogP contribution in [0.2, 0.25) is 5.02 Å². The number of nitrogens with two attached hydrogens (primary N) is 2. The fraction of sp³-hybridized carbons (Fsp3) is 0.0714. The van der Waals surface area contributed by atoms with Crippen molar-refractivity contribution in [3.8, 4) is 0 Å². The molecule has 0 aliphatic carbocycles. The molecule has 2 rings (SSSR count). The van der Waals surface area contributed by atoms with E-state index < -0.39 is 0 Å². The summed E-state index contributed by atoms with van der Waals surface area (Å²) in [6.45, 7) is 0.555. The summed E-state index contributed by atoms with van der Waals surface area (Å²) in [5.74, 6) is -0.0745. The first-order chi connectivity index (χ1) is 9.65. The van der Waals surface area contributed by atoms with E-state index in [9.17, 15) is 0 Å². The molecule has 0 bridgehead atoms. The predicted molar refractivity (Wildman–Crippen MR) is 80.4 cm³/mol. The van der Waals surface area contributed by atoms with Crippen molar-refractivity contribution in [1.82, 2.24) is 0 Å². The van der Waals surface area contributed by atoms with Gasteiger partial charge in [0.25, 0.3) is 0 Å². The number of guanidine groups is 1. The van der Waals surface area contributed by atoms with Gasteiger partial charge in [-0.2, -0.15) is 4.57 Å². The summed E-state index contributed by atoms with van der Waals surface area (Å²) < 4.78 is 1.98. The number of hydrogen-bond donors (Lipinski definition) is 2. The smallest absolute Gasteiger partial charge is 0.211 e. The van der Waals surface area contributed by atoms with Crippen molar-refractivity contribution in [1.29, 1.82) is 0 Å². The molecule has 6 heteroatoms. The molecule has 1 heterocycles. The van der Waals surface area contributed by atoms with Crippen LogP contribution in [-0.4, -0.2) is 11.7 Å². The first kappa shape index (κ1) is 14.0. The SMILES string of the molecule is NC(N)=N/N=C(/C[n+]1ccccc1)c1ccc(Cl)cc1. The number of hydrogen-bond acceptors (Lipinski definition) is 2. The molecule has 1 aromatic heterocycles. The Balaban J connectivity index is 2.32. The molecule has 0 radical (unpaired) electrons. The Hall–Kier alpha value is -2.40. The Labute approximate surface area is 122 Å². The highest BCUT2D eigenvalue weighted by molar-refractivity contribution is 6.30. The van der Waals surface area contributed by atoms with E-state index in [1.165, 1.54) is 0 Å². The van der Waals surface area contributed by atoms with Gasteiger partial charge >= 0.3 is 0 Å². The van der Waals surface area contributed by atoms with Crippen molar-refractivity contribution in [2.45, 2.75) is 6.54 Å². The van der Waals surface area contributed by atoms with Crippen molar-refractivity contribution in [3.63, 3.8) is 0 Å². The number of benzene rings is 1. The van der Waals surface area contributed by atoms with Crippen LogP contribution in [0, 0.1) is 0 Å². The van der Waals surface area contributed by atoms with Crippen LogP contribution in [0.1, 0.15) is 5.56 Å². The maximum absolute atomic E-state index is 5.89. The zero-order valence-electron chi connectivity index (χ0n) is 10.8. The summed E-state index contributed by atoms with van der Waals surface area (Å²) in [5.41, 5.74) is 12.3. The Morgan fingerprint density at radius 2 is 1.65 bits per heavy atom. The third kappa shape index (κ3) is 4.07. The van der Waals surface area contributed by atoms with Crippen LogP contribution in [-0.2, 0) is 6.54 Å². The monoisotopic (exact) mass is 288 g/mol. The summed E-state index contributed by atoms with van der Waals surface area (Å²) in [6, 6.07) is 13.2. The van der Waals surface area contributed by atoms with Gasteiger partial charge in [0.1, 0.15) is 5.71 Å². The summed E-state index contributed by atoms with van der Waals surface area (Å²) in [4.78, 5) is 0. The molecule has 4 N–H and O–H groups in total.